The molecule has 1 amide bonds. The molecule has 0 spiro atoms. The summed E-state index contributed by atoms with van der Waals surface area (Å²) in [5, 5.41) is 14.8. The van der Waals surface area contributed by atoms with E-state index in [1.165, 1.54) is 10.8 Å². The number of amides is 1. The van der Waals surface area contributed by atoms with Gasteiger partial charge in [-0.3, -0.25) is 10.1 Å². The van der Waals surface area contributed by atoms with Crippen LogP contribution in [0.15, 0.2) is 41.3 Å². The van der Waals surface area contributed by atoms with Crippen LogP contribution in [0.4, 0.5) is 22.0 Å². The Morgan fingerprint density at radius 3 is 2.78 bits per heavy atom. The van der Waals surface area contributed by atoms with Crippen molar-refractivity contribution in [3.8, 4) is 11.9 Å². The molecule has 2 aromatic heterocycles. The van der Waals surface area contributed by atoms with E-state index in [-0.39, 0.29) is 23.5 Å². The Labute approximate surface area is 212 Å². The average molecular weight is 509 g/mol. The average Bonchev–Trinajstić information content (AvgIpc) is 3.69. The van der Waals surface area contributed by atoms with E-state index in [0.717, 1.165) is 18.4 Å². The number of carbonyl (C=O) groups is 1. The van der Waals surface area contributed by atoms with Gasteiger partial charge in [0.25, 0.3) is 5.56 Å². The van der Waals surface area contributed by atoms with Crippen molar-refractivity contribution in [3.63, 3.8) is 0 Å². The lowest BCUT2D eigenvalue weighted by Gasteiger charge is -2.21. The van der Waals surface area contributed by atoms with Gasteiger partial charge in [0.2, 0.25) is 5.88 Å². The fourth-order valence-electron chi connectivity index (χ4n) is 3.86. The smallest absolute Gasteiger partial charge is 0.411 e. The van der Waals surface area contributed by atoms with Crippen molar-refractivity contribution in [1.29, 1.82) is 5.26 Å². The number of pyridine rings is 1. The maximum Gasteiger partial charge on any atom is 0.411 e. The number of nitrogens with one attached hydrogen (secondary N) is 2. The first-order chi connectivity index (χ1) is 17.3. The molecule has 36 heavy (non-hydrogen) atoms. The molecule has 4 rings (SSSR count). The highest BCUT2D eigenvalue weighted by Gasteiger charge is 2.35. The zero-order chi connectivity index (χ0) is 25.8. The van der Waals surface area contributed by atoms with Crippen LogP contribution in [0, 0.1) is 31.1 Å². The molecule has 1 aliphatic rings. The van der Waals surface area contributed by atoms with E-state index in [1.807, 2.05) is 19.1 Å². The third-order valence-electron chi connectivity index (χ3n) is 5.85. The van der Waals surface area contributed by atoms with E-state index in [2.05, 4.69) is 20.6 Å². The molecule has 10 nitrogen and oxygen atoms in total. The molecule has 2 N–H and O–H groups in total. The Morgan fingerprint density at radius 2 is 2.08 bits per heavy atom. The van der Waals surface area contributed by atoms with Gasteiger partial charge >= 0.3 is 6.09 Å². The molecule has 0 bridgehead atoms. The van der Waals surface area contributed by atoms with Crippen LogP contribution in [0.2, 0.25) is 5.15 Å². The van der Waals surface area contributed by atoms with Gasteiger partial charge in [-0.25, -0.2) is 14.8 Å². The Kier molecular flexibility index (Phi) is 7.41. The minimum absolute atomic E-state index is 0.0314. The molecule has 0 saturated heterocycles. The van der Waals surface area contributed by atoms with Crippen molar-refractivity contribution < 1.29 is 14.3 Å². The van der Waals surface area contributed by atoms with Gasteiger partial charge in [-0.1, -0.05) is 17.7 Å². The Morgan fingerprint density at radius 1 is 1.31 bits per heavy atom. The molecule has 0 aliphatic heterocycles. The predicted molar refractivity (Wildman–Crippen MR) is 135 cm³/mol. The van der Waals surface area contributed by atoms with Crippen LogP contribution in [0.3, 0.4) is 0 Å². The molecule has 1 unspecified atom stereocenters. The number of methoxy groups -OCH3 is 1. The van der Waals surface area contributed by atoms with Crippen LogP contribution in [-0.2, 0) is 4.74 Å². The minimum Gasteiger partial charge on any atom is -0.481 e. The first-order valence-electron chi connectivity index (χ1n) is 11.3. The molecule has 186 valence electrons. The number of nitriles is 1. The summed E-state index contributed by atoms with van der Waals surface area (Å²) in [6, 6.07) is 9.92. The van der Waals surface area contributed by atoms with Crippen molar-refractivity contribution in [2.24, 2.45) is 5.92 Å². The van der Waals surface area contributed by atoms with E-state index in [9.17, 15) is 9.59 Å². The number of hydrogen-bond donors (Lipinski definition) is 2. The van der Waals surface area contributed by atoms with Gasteiger partial charge < -0.3 is 19.4 Å². The highest BCUT2D eigenvalue weighted by atomic mass is 35.5. The second-order valence-corrected chi connectivity index (χ2v) is 8.91. The monoisotopic (exact) mass is 508 g/mol. The van der Waals surface area contributed by atoms with Gasteiger partial charge in [-0.2, -0.15) is 5.26 Å². The third kappa shape index (κ3) is 5.75. The summed E-state index contributed by atoms with van der Waals surface area (Å²) in [4.78, 5) is 34.4. The first-order valence-corrected chi connectivity index (χ1v) is 11.7. The third-order valence-corrected chi connectivity index (χ3v) is 6.03. The Balaban J connectivity index is 1.54. The summed E-state index contributed by atoms with van der Waals surface area (Å²) >= 11 is 6.28. The molecule has 1 saturated carbocycles. The molecule has 1 aliphatic carbocycles. The highest BCUT2D eigenvalue weighted by molar-refractivity contribution is 6.29. The second kappa shape index (κ2) is 10.7. The molecular formula is C25H25ClN6O4. The van der Waals surface area contributed by atoms with Gasteiger partial charge in [-0.15, -0.1) is 0 Å². The fourth-order valence-corrected chi connectivity index (χ4v) is 4.05. The van der Waals surface area contributed by atoms with Crippen LogP contribution in [0.5, 0.6) is 5.88 Å². The second-order valence-electron chi connectivity index (χ2n) is 8.52. The number of halogens is 1. The highest BCUT2D eigenvalue weighted by Crippen LogP contribution is 2.39. The quantitative estimate of drug-likeness (QED) is 0.446. The number of nitrogens with zero attached hydrogens (tertiary/aromatic N) is 4. The molecule has 2 heterocycles. The van der Waals surface area contributed by atoms with Crippen molar-refractivity contribution in [2.45, 2.75) is 32.7 Å². The Bertz CT molecular complexity index is 1400. The summed E-state index contributed by atoms with van der Waals surface area (Å²) in [7, 11) is 1.54. The van der Waals surface area contributed by atoms with Gasteiger partial charge in [0.1, 0.15) is 11.8 Å². The maximum atomic E-state index is 13.4. The zero-order valence-corrected chi connectivity index (χ0v) is 20.8. The Hall–Kier alpha value is -4.10. The normalized spacial score (nSPS) is 13.4. The number of carbonyl (C=O) groups excluding carboxylic acids is 1. The van der Waals surface area contributed by atoms with Crippen LogP contribution in [-0.4, -0.2) is 34.3 Å². The summed E-state index contributed by atoms with van der Waals surface area (Å²) in [6.07, 6.45) is 2.57. The molecular weight excluding hydrogens is 484 g/mol. The van der Waals surface area contributed by atoms with Crippen LogP contribution in [0.1, 0.15) is 35.7 Å². The van der Waals surface area contributed by atoms with E-state index < -0.39 is 17.7 Å². The number of aryl methyl sites for hydroxylation is 2. The van der Waals surface area contributed by atoms with Gasteiger partial charge in [0.15, 0.2) is 5.82 Å². The van der Waals surface area contributed by atoms with Gasteiger partial charge in [0, 0.05) is 17.4 Å². The topological polar surface area (TPSA) is 131 Å². The maximum absolute atomic E-state index is 13.4. The molecule has 3 aromatic rings. The molecule has 1 aromatic carbocycles. The number of ether oxygens (including phenoxy) is 2. The van der Waals surface area contributed by atoms with Crippen molar-refractivity contribution >= 4 is 34.9 Å². The van der Waals surface area contributed by atoms with E-state index in [4.69, 9.17) is 26.3 Å². The standard InChI is InChI=1S/C25H25ClN6O4/c1-14-9-19(15(2)28-23(14)35-3)30-22-24(33)32(12-21(26)31-22)20(17-7-8-17)13-36-25(34)29-18-6-4-5-16(10-18)11-27/h4-6,9-10,12,17,20H,7-8,13H2,1-3H3,(H,29,34)(H,30,31). The summed E-state index contributed by atoms with van der Waals surface area (Å²) < 4.78 is 12.2. The van der Waals surface area contributed by atoms with Crippen molar-refractivity contribution in [3.05, 3.63) is 68.9 Å². The largest absolute Gasteiger partial charge is 0.481 e. The first kappa shape index (κ1) is 25.0. The summed E-state index contributed by atoms with van der Waals surface area (Å²) in [5.74, 6) is 0.703. The number of anilines is 3. The molecule has 0 radical (unpaired) electrons. The molecule has 11 heteroatoms. The van der Waals surface area contributed by atoms with Crippen molar-refractivity contribution in [1.82, 2.24) is 14.5 Å². The SMILES string of the molecule is COc1nc(C)c(Nc2nc(Cl)cn(C(COC(=O)Nc3cccc(C#N)c3)C3CC3)c2=O)cc1C. The lowest BCUT2D eigenvalue weighted by Crippen LogP contribution is -2.32. The van der Waals surface area contributed by atoms with Gasteiger partial charge in [0.05, 0.1) is 36.2 Å². The van der Waals surface area contributed by atoms with Crippen molar-refractivity contribution in [2.75, 3.05) is 24.4 Å². The van der Waals surface area contributed by atoms with E-state index in [1.54, 1.807) is 38.3 Å². The summed E-state index contributed by atoms with van der Waals surface area (Å²) in [5.41, 5.74) is 2.49. The summed E-state index contributed by atoms with van der Waals surface area (Å²) in [6.45, 7) is 3.61. The molecule has 1 fully saturated rings. The van der Waals surface area contributed by atoms with E-state index in [0.29, 0.717) is 28.5 Å². The minimum atomic E-state index is -0.683. The molecule has 1 atom stereocenters. The van der Waals surface area contributed by atoms with Crippen LogP contribution < -0.4 is 20.9 Å². The van der Waals surface area contributed by atoms with Crippen LogP contribution >= 0.6 is 11.6 Å². The number of benzene rings is 1. The predicted octanol–water partition coefficient (Wildman–Crippen LogP) is 4.73. The van der Waals surface area contributed by atoms with Gasteiger partial charge in [-0.05, 0) is 56.9 Å². The lowest BCUT2D eigenvalue weighted by atomic mass is 10.2. The lowest BCUT2D eigenvalue weighted by molar-refractivity contribution is 0.135. The van der Waals surface area contributed by atoms with E-state index >= 15 is 0 Å². The van der Waals surface area contributed by atoms with Crippen LogP contribution in [0.25, 0.3) is 0 Å². The fraction of sp³-hybridized carbons (Fsp3) is 0.320. The number of aromatic nitrogens is 3. The number of rotatable bonds is 8. The zero-order valence-electron chi connectivity index (χ0n) is 20.0. The number of hydrogen-bond acceptors (Lipinski definition) is 8.